The van der Waals surface area contributed by atoms with E-state index >= 15 is 0 Å². The third-order valence-electron chi connectivity index (χ3n) is 4.13. The Morgan fingerprint density at radius 3 is 2.95 bits per heavy atom. The minimum absolute atomic E-state index is 0.388. The Morgan fingerprint density at radius 1 is 1.24 bits per heavy atom. The summed E-state index contributed by atoms with van der Waals surface area (Å²) in [5.41, 5.74) is 1.01. The van der Waals surface area contributed by atoms with E-state index in [1.54, 1.807) is 0 Å². The molecule has 3 nitrogen and oxygen atoms in total. The Labute approximate surface area is 125 Å². The van der Waals surface area contributed by atoms with Crippen LogP contribution in [0.2, 0.25) is 0 Å². The molecule has 1 fully saturated rings. The summed E-state index contributed by atoms with van der Waals surface area (Å²) in [6.45, 7) is 2.87. The first-order valence-electron chi connectivity index (χ1n) is 7.59. The van der Waals surface area contributed by atoms with Gasteiger partial charge in [0.2, 0.25) is 0 Å². The van der Waals surface area contributed by atoms with Gasteiger partial charge in [-0.3, -0.25) is 0 Å². The molecule has 108 valence electrons. The lowest BCUT2D eigenvalue weighted by Crippen LogP contribution is -2.33. The summed E-state index contributed by atoms with van der Waals surface area (Å²) >= 11 is 0. The van der Waals surface area contributed by atoms with Gasteiger partial charge in [-0.05, 0) is 36.2 Å². The molecule has 2 aromatic carbocycles. The zero-order chi connectivity index (χ0) is 14.5. The number of hydrogen-bond donors (Lipinski definition) is 1. The van der Waals surface area contributed by atoms with E-state index in [9.17, 15) is 0 Å². The van der Waals surface area contributed by atoms with Crippen LogP contribution in [0, 0.1) is 17.2 Å². The van der Waals surface area contributed by atoms with Crippen molar-refractivity contribution in [3.8, 4) is 11.8 Å². The Bertz CT molecular complexity index is 654. The molecule has 0 aromatic heterocycles. The summed E-state index contributed by atoms with van der Waals surface area (Å²) in [5, 5.41) is 14.8. The van der Waals surface area contributed by atoms with E-state index in [-0.39, 0.29) is 0 Å². The van der Waals surface area contributed by atoms with Crippen LogP contribution in [0.5, 0.6) is 5.75 Å². The largest absolute Gasteiger partial charge is 0.493 e. The van der Waals surface area contributed by atoms with E-state index in [1.165, 1.54) is 12.8 Å². The fourth-order valence-electron chi connectivity index (χ4n) is 2.99. The molecule has 0 spiro atoms. The van der Waals surface area contributed by atoms with Gasteiger partial charge in [0.25, 0.3) is 0 Å². The van der Waals surface area contributed by atoms with Crippen LogP contribution in [0.3, 0.4) is 0 Å². The maximum atomic E-state index is 9.10. The number of ether oxygens (including phenoxy) is 1. The van der Waals surface area contributed by atoms with Crippen molar-refractivity contribution in [2.75, 3.05) is 19.7 Å². The molecular formula is C18H20N2O. The van der Waals surface area contributed by atoms with Crippen molar-refractivity contribution in [2.45, 2.75) is 19.3 Å². The Hall–Kier alpha value is -2.05. The predicted molar refractivity (Wildman–Crippen MR) is 84.4 cm³/mol. The van der Waals surface area contributed by atoms with Gasteiger partial charge in [0.05, 0.1) is 19.1 Å². The van der Waals surface area contributed by atoms with Crippen molar-refractivity contribution in [3.05, 3.63) is 42.0 Å². The zero-order valence-corrected chi connectivity index (χ0v) is 12.1. The predicted octanol–water partition coefficient (Wildman–Crippen LogP) is 3.28. The molecule has 3 heteroatoms. The molecule has 1 aliphatic rings. The van der Waals surface area contributed by atoms with Gasteiger partial charge in [0.15, 0.2) is 0 Å². The van der Waals surface area contributed by atoms with E-state index < -0.39 is 0 Å². The average molecular weight is 280 g/mol. The molecule has 21 heavy (non-hydrogen) atoms. The second-order valence-electron chi connectivity index (χ2n) is 5.62. The normalized spacial score (nSPS) is 18.3. The van der Waals surface area contributed by atoms with Crippen LogP contribution in [-0.2, 0) is 6.42 Å². The van der Waals surface area contributed by atoms with Gasteiger partial charge in [-0.1, -0.05) is 30.3 Å². The number of nitrogens with zero attached hydrogens (tertiary/aromatic N) is 1. The molecule has 1 unspecified atom stereocenters. The summed E-state index contributed by atoms with van der Waals surface area (Å²) in [7, 11) is 0. The standard InChI is InChI=1S/C18H20N2O/c19-10-9-17-16-6-2-1-5-15(16)7-8-18(17)21-13-14-4-3-11-20-12-14/h1-2,5-8,14,20H,3-4,9,11-13H2. The van der Waals surface area contributed by atoms with Gasteiger partial charge >= 0.3 is 0 Å². The first kappa shape index (κ1) is 13.9. The molecule has 1 heterocycles. The SMILES string of the molecule is N#CCc1c(OCC2CCCNC2)ccc2ccccc12. The third-order valence-corrected chi connectivity index (χ3v) is 4.13. The Balaban J connectivity index is 1.83. The van der Waals surface area contributed by atoms with Crippen molar-refractivity contribution in [3.63, 3.8) is 0 Å². The number of nitriles is 1. The van der Waals surface area contributed by atoms with E-state index in [0.717, 1.165) is 41.8 Å². The molecule has 1 atom stereocenters. The lowest BCUT2D eigenvalue weighted by molar-refractivity contribution is 0.217. The monoisotopic (exact) mass is 280 g/mol. The second kappa shape index (κ2) is 6.60. The van der Waals surface area contributed by atoms with E-state index in [2.05, 4.69) is 29.6 Å². The van der Waals surface area contributed by atoms with Gasteiger partial charge in [-0.2, -0.15) is 5.26 Å². The molecule has 0 amide bonds. The lowest BCUT2D eigenvalue weighted by Gasteiger charge is -2.23. The van der Waals surface area contributed by atoms with Crippen LogP contribution in [0.4, 0.5) is 0 Å². The minimum Gasteiger partial charge on any atom is -0.493 e. The topological polar surface area (TPSA) is 45.0 Å². The van der Waals surface area contributed by atoms with Crippen LogP contribution in [0.15, 0.2) is 36.4 Å². The fraction of sp³-hybridized carbons (Fsp3) is 0.389. The van der Waals surface area contributed by atoms with Crippen molar-refractivity contribution in [1.29, 1.82) is 5.26 Å². The maximum absolute atomic E-state index is 9.10. The summed E-state index contributed by atoms with van der Waals surface area (Å²) in [4.78, 5) is 0. The molecule has 1 N–H and O–H groups in total. The number of fused-ring (bicyclic) bond motifs is 1. The van der Waals surface area contributed by atoms with E-state index in [0.29, 0.717) is 12.3 Å². The summed E-state index contributed by atoms with van der Waals surface area (Å²) < 4.78 is 6.05. The number of nitrogens with one attached hydrogen (secondary N) is 1. The first-order valence-corrected chi connectivity index (χ1v) is 7.59. The van der Waals surface area contributed by atoms with Crippen molar-refractivity contribution >= 4 is 10.8 Å². The van der Waals surface area contributed by atoms with Gasteiger partial charge in [0, 0.05) is 18.0 Å². The highest BCUT2D eigenvalue weighted by Crippen LogP contribution is 2.29. The summed E-state index contributed by atoms with van der Waals surface area (Å²) in [6.07, 6.45) is 2.82. The molecule has 0 saturated carbocycles. The minimum atomic E-state index is 0.388. The third kappa shape index (κ3) is 3.17. The fourth-order valence-corrected chi connectivity index (χ4v) is 2.99. The molecule has 0 bridgehead atoms. The number of rotatable bonds is 4. The van der Waals surface area contributed by atoms with Crippen LogP contribution in [0.1, 0.15) is 18.4 Å². The van der Waals surface area contributed by atoms with Gasteiger partial charge in [0.1, 0.15) is 5.75 Å². The molecule has 1 aliphatic heterocycles. The lowest BCUT2D eigenvalue weighted by atomic mass is 10.00. The molecule has 0 radical (unpaired) electrons. The van der Waals surface area contributed by atoms with E-state index in [4.69, 9.17) is 10.00 Å². The average Bonchev–Trinajstić information content (AvgIpc) is 2.55. The van der Waals surface area contributed by atoms with Crippen LogP contribution in [-0.4, -0.2) is 19.7 Å². The molecule has 2 aromatic rings. The zero-order valence-electron chi connectivity index (χ0n) is 12.1. The number of benzene rings is 2. The first-order chi connectivity index (χ1) is 10.4. The van der Waals surface area contributed by atoms with Crippen LogP contribution in [0.25, 0.3) is 10.8 Å². The van der Waals surface area contributed by atoms with Crippen molar-refractivity contribution in [1.82, 2.24) is 5.32 Å². The molecule has 0 aliphatic carbocycles. The summed E-state index contributed by atoms with van der Waals surface area (Å²) in [5.74, 6) is 1.43. The highest BCUT2D eigenvalue weighted by atomic mass is 16.5. The van der Waals surface area contributed by atoms with Gasteiger partial charge in [-0.25, -0.2) is 0 Å². The Kier molecular flexibility index (Phi) is 4.37. The van der Waals surface area contributed by atoms with Crippen LogP contribution < -0.4 is 10.1 Å². The van der Waals surface area contributed by atoms with Crippen molar-refractivity contribution < 1.29 is 4.74 Å². The molecular weight excluding hydrogens is 260 g/mol. The van der Waals surface area contributed by atoms with Crippen molar-refractivity contribution in [2.24, 2.45) is 5.92 Å². The van der Waals surface area contributed by atoms with Gasteiger partial charge in [-0.15, -0.1) is 0 Å². The molecule has 1 saturated heterocycles. The highest BCUT2D eigenvalue weighted by Gasteiger charge is 2.15. The highest BCUT2D eigenvalue weighted by molar-refractivity contribution is 5.88. The van der Waals surface area contributed by atoms with E-state index in [1.807, 2.05) is 18.2 Å². The smallest absolute Gasteiger partial charge is 0.124 e. The quantitative estimate of drug-likeness (QED) is 0.934. The van der Waals surface area contributed by atoms with Gasteiger partial charge < -0.3 is 10.1 Å². The van der Waals surface area contributed by atoms with Crippen LogP contribution >= 0.6 is 0 Å². The second-order valence-corrected chi connectivity index (χ2v) is 5.62. The Morgan fingerprint density at radius 2 is 2.14 bits per heavy atom. The molecule has 3 rings (SSSR count). The number of piperidine rings is 1. The summed E-state index contributed by atoms with van der Waals surface area (Å²) in [6, 6.07) is 14.5. The number of hydrogen-bond acceptors (Lipinski definition) is 3. The maximum Gasteiger partial charge on any atom is 0.124 e.